The third-order valence-corrected chi connectivity index (χ3v) is 5.39. The van der Waals surface area contributed by atoms with Crippen molar-refractivity contribution in [3.8, 4) is 0 Å². The van der Waals surface area contributed by atoms with Gasteiger partial charge in [-0.05, 0) is 34.4 Å². The molecule has 0 amide bonds. The van der Waals surface area contributed by atoms with Crippen molar-refractivity contribution in [3.05, 3.63) is 143 Å². The standard InChI is InChI=1S/C27H19ClN2/c28-23-16-17-25-29-18-24(30(25)19-23)27(22-14-8-3-9-15-22)26(20-10-4-1-5-11-20)21-12-6-2-7-13-21/h1-19H. The van der Waals surface area contributed by atoms with Crippen LogP contribution in [0.1, 0.15) is 22.4 Å². The zero-order chi connectivity index (χ0) is 20.3. The van der Waals surface area contributed by atoms with E-state index in [1.165, 1.54) is 0 Å². The first-order valence-corrected chi connectivity index (χ1v) is 10.2. The molecule has 2 heterocycles. The second kappa shape index (κ2) is 8.02. The van der Waals surface area contributed by atoms with E-state index in [-0.39, 0.29) is 0 Å². The number of hydrogen-bond acceptors (Lipinski definition) is 1. The molecule has 0 aliphatic carbocycles. The zero-order valence-corrected chi connectivity index (χ0v) is 17.0. The van der Waals surface area contributed by atoms with Crippen LogP contribution in [0, 0.1) is 0 Å². The van der Waals surface area contributed by atoms with Crippen LogP contribution in [0.4, 0.5) is 0 Å². The minimum Gasteiger partial charge on any atom is -0.298 e. The van der Waals surface area contributed by atoms with Crippen molar-refractivity contribution in [1.82, 2.24) is 9.38 Å². The van der Waals surface area contributed by atoms with Crippen molar-refractivity contribution in [3.63, 3.8) is 0 Å². The predicted molar refractivity (Wildman–Crippen MR) is 125 cm³/mol. The van der Waals surface area contributed by atoms with Crippen LogP contribution < -0.4 is 0 Å². The predicted octanol–water partition coefficient (Wildman–Crippen LogP) is 7.00. The van der Waals surface area contributed by atoms with Crippen LogP contribution in [0.5, 0.6) is 0 Å². The van der Waals surface area contributed by atoms with E-state index in [0.717, 1.165) is 39.2 Å². The third kappa shape index (κ3) is 3.42. The molecule has 0 fully saturated rings. The molecule has 0 radical (unpaired) electrons. The number of hydrogen-bond donors (Lipinski definition) is 0. The van der Waals surface area contributed by atoms with E-state index in [1.807, 2.05) is 42.7 Å². The van der Waals surface area contributed by atoms with Crippen LogP contribution >= 0.6 is 11.6 Å². The van der Waals surface area contributed by atoms with Gasteiger partial charge in [0.15, 0.2) is 0 Å². The van der Waals surface area contributed by atoms with Gasteiger partial charge in [0.1, 0.15) is 5.65 Å². The first kappa shape index (κ1) is 18.4. The van der Waals surface area contributed by atoms with E-state index >= 15 is 0 Å². The number of fused-ring (bicyclic) bond motifs is 1. The van der Waals surface area contributed by atoms with Crippen LogP contribution in [-0.2, 0) is 0 Å². The molecule has 0 saturated heterocycles. The summed E-state index contributed by atoms with van der Waals surface area (Å²) in [6.45, 7) is 0. The van der Waals surface area contributed by atoms with E-state index in [4.69, 9.17) is 11.6 Å². The second-order valence-electron chi connectivity index (χ2n) is 7.07. The summed E-state index contributed by atoms with van der Waals surface area (Å²) in [4.78, 5) is 4.65. The molecule has 0 spiro atoms. The highest BCUT2D eigenvalue weighted by Gasteiger charge is 2.19. The molecule has 0 aliphatic rings. The molecule has 5 aromatic rings. The molecule has 0 unspecified atom stereocenters. The fourth-order valence-electron chi connectivity index (χ4n) is 3.83. The lowest BCUT2D eigenvalue weighted by molar-refractivity contribution is 1.16. The summed E-state index contributed by atoms with van der Waals surface area (Å²) >= 11 is 6.35. The number of halogens is 1. The van der Waals surface area contributed by atoms with Crippen molar-refractivity contribution in [1.29, 1.82) is 0 Å². The molecule has 2 aromatic heterocycles. The van der Waals surface area contributed by atoms with Gasteiger partial charge in [0.05, 0.1) is 16.9 Å². The van der Waals surface area contributed by atoms with E-state index < -0.39 is 0 Å². The first-order valence-electron chi connectivity index (χ1n) is 9.85. The minimum absolute atomic E-state index is 0.676. The maximum atomic E-state index is 6.35. The Balaban J connectivity index is 1.92. The molecule has 3 aromatic carbocycles. The Morgan fingerprint density at radius 3 is 1.63 bits per heavy atom. The Hall–Kier alpha value is -3.62. The molecule has 30 heavy (non-hydrogen) atoms. The zero-order valence-electron chi connectivity index (χ0n) is 16.2. The molecule has 0 bridgehead atoms. The Labute approximate surface area is 180 Å². The lowest BCUT2D eigenvalue weighted by Gasteiger charge is -2.17. The molecule has 2 nitrogen and oxygen atoms in total. The van der Waals surface area contributed by atoms with Gasteiger partial charge in [-0.3, -0.25) is 4.40 Å². The molecular formula is C27H19ClN2. The fourth-order valence-corrected chi connectivity index (χ4v) is 3.99. The number of aromatic nitrogens is 2. The molecule has 0 atom stereocenters. The Kier molecular flexibility index (Phi) is 4.92. The molecule has 5 rings (SSSR count). The Morgan fingerprint density at radius 1 is 0.600 bits per heavy atom. The monoisotopic (exact) mass is 406 g/mol. The summed E-state index contributed by atoms with van der Waals surface area (Å²) in [6.07, 6.45) is 3.86. The van der Waals surface area contributed by atoms with Crippen molar-refractivity contribution in [2.45, 2.75) is 0 Å². The summed E-state index contributed by atoms with van der Waals surface area (Å²) < 4.78 is 2.07. The van der Waals surface area contributed by atoms with Crippen LogP contribution in [0.3, 0.4) is 0 Å². The van der Waals surface area contributed by atoms with Crippen molar-refractivity contribution in [2.75, 3.05) is 0 Å². The van der Waals surface area contributed by atoms with Crippen molar-refractivity contribution < 1.29 is 0 Å². The second-order valence-corrected chi connectivity index (χ2v) is 7.50. The SMILES string of the molecule is Clc1ccc2ncc(C(=C(c3ccccc3)c3ccccc3)c3ccccc3)n2c1. The summed E-state index contributed by atoms with van der Waals surface area (Å²) in [7, 11) is 0. The molecule has 3 heteroatoms. The van der Waals surface area contributed by atoms with Crippen molar-refractivity contribution >= 4 is 28.4 Å². The number of pyridine rings is 1. The maximum Gasteiger partial charge on any atom is 0.137 e. The summed E-state index contributed by atoms with van der Waals surface area (Å²) in [5.41, 5.74) is 7.57. The van der Waals surface area contributed by atoms with Crippen molar-refractivity contribution in [2.24, 2.45) is 0 Å². The van der Waals surface area contributed by atoms with Crippen LogP contribution in [0.2, 0.25) is 5.02 Å². The van der Waals surface area contributed by atoms with Gasteiger partial charge in [-0.25, -0.2) is 4.98 Å². The highest BCUT2D eigenvalue weighted by Crippen LogP contribution is 2.37. The van der Waals surface area contributed by atoms with Gasteiger partial charge >= 0.3 is 0 Å². The number of imidazole rings is 1. The van der Waals surface area contributed by atoms with E-state index in [2.05, 4.69) is 82.2 Å². The normalized spacial score (nSPS) is 10.8. The van der Waals surface area contributed by atoms with Gasteiger partial charge in [0.25, 0.3) is 0 Å². The van der Waals surface area contributed by atoms with Gasteiger partial charge in [-0.2, -0.15) is 0 Å². The Morgan fingerprint density at radius 2 is 1.10 bits per heavy atom. The van der Waals surface area contributed by atoms with E-state index in [9.17, 15) is 0 Å². The van der Waals surface area contributed by atoms with E-state index in [0.29, 0.717) is 5.02 Å². The number of nitrogens with zero attached hydrogens (tertiary/aromatic N) is 2. The smallest absolute Gasteiger partial charge is 0.137 e. The largest absolute Gasteiger partial charge is 0.298 e. The van der Waals surface area contributed by atoms with E-state index in [1.54, 1.807) is 0 Å². The van der Waals surface area contributed by atoms with Gasteiger partial charge in [0.2, 0.25) is 0 Å². The lowest BCUT2D eigenvalue weighted by atomic mass is 9.88. The number of benzene rings is 3. The van der Waals surface area contributed by atoms with Crippen LogP contribution in [0.15, 0.2) is 116 Å². The molecule has 0 saturated carbocycles. The quantitative estimate of drug-likeness (QED) is 0.294. The van der Waals surface area contributed by atoms with Crippen LogP contribution in [-0.4, -0.2) is 9.38 Å². The highest BCUT2D eigenvalue weighted by atomic mass is 35.5. The van der Waals surface area contributed by atoms with Gasteiger partial charge in [-0.1, -0.05) is 103 Å². The summed E-state index contributed by atoms with van der Waals surface area (Å²) in [5, 5.41) is 0.676. The maximum absolute atomic E-state index is 6.35. The average Bonchev–Trinajstić information content (AvgIpc) is 3.21. The number of rotatable bonds is 4. The van der Waals surface area contributed by atoms with Crippen LogP contribution in [0.25, 0.3) is 16.8 Å². The first-order chi connectivity index (χ1) is 14.8. The molecular weight excluding hydrogens is 388 g/mol. The molecule has 0 N–H and O–H groups in total. The fraction of sp³-hybridized carbons (Fsp3) is 0. The highest BCUT2D eigenvalue weighted by molar-refractivity contribution is 6.30. The third-order valence-electron chi connectivity index (χ3n) is 5.16. The van der Waals surface area contributed by atoms with Gasteiger partial charge in [-0.15, -0.1) is 0 Å². The molecule has 0 aliphatic heterocycles. The van der Waals surface area contributed by atoms with Gasteiger partial charge in [0, 0.05) is 11.8 Å². The summed E-state index contributed by atoms with van der Waals surface area (Å²) in [6, 6.07) is 35.3. The summed E-state index contributed by atoms with van der Waals surface area (Å²) in [5.74, 6) is 0. The Bertz CT molecular complexity index is 1280. The molecule has 144 valence electrons. The van der Waals surface area contributed by atoms with Gasteiger partial charge < -0.3 is 0 Å². The average molecular weight is 407 g/mol. The lowest BCUT2D eigenvalue weighted by Crippen LogP contribution is -2.00. The topological polar surface area (TPSA) is 17.3 Å². The minimum atomic E-state index is 0.676.